The molecule has 4 rings (SSSR count). The summed E-state index contributed by atoms with van der Waals surface area (Å²) >= 11 is 6.01. The first kappa shape index (κ1) is 12.2. The van der Waals surface area contributed by atoms with Crippen molar-refractivity contribution in [3.8, 4) is 11.3 Å². The minimum Gasteiger partial charge on any atom is -0.334 e. The molecular weight excluding hydrogens is 350 g/mol. The van der Waals surface area contributed by atoms with E-state index in [1.807, 2.05) is 17.7 Å². The Kier molecular flexibility index (Phi) is 3.07. The number of aromatic nitrogens is 4. The van der Waals surface area contributed by atoms with Gasteiger partial charge >= 0.3 is 0 Å². The number of hydrogen-bond acceptors (Lipinski definition) is 4. The number of hydrogen-bond donors (Lipinski definition) is 1. The maximum Gasteiger partial charge on any atom is 0.258 e. The molecule has 1 aromatic carbocycles. The fourth-order valence-electron chi connectivity index (χ4n) is 2.51. The van der Waals surface area contributed by atoms with Gasteiger partial charge in [-0.05, 0) is 24.2 Å². The number of nitrogens with one attached hydrogen (secondary N) is 1. The van der Waals surface area contributed by atoms with Crippen LogP contribution in [-0.4, -0.2) is 25.4 Å². The molecule has 1 amide bonds. The van der Waals surface area contributed by atoms with Crippen LogP contribution >= 0.6 is 11.6 Å². The molecule has 3 aromatic heterocycles. The lowest BCUT2D eigenvalue weighted by molar-refractivity contribution is 0.102. The predicted molar refractivity (Wildman–Crippen MR) is 101 cm³/mol. The van der Waals surface area contributed by atoms with Gasteiger partial charge < -0.3 is 9.88 Å². The van der Waals surface area contributed by atoms with Gasteiger partial charge in [-0.25, -0.2) is 9.97 Å². The van der Waals surface area contributed by atoms with E-state index in [-0.39, 0.29) is 16.4 Å². The average molecular weight is 368 g/mol. The summed E-state index contributed by atoms with van der Waals surface area (Å²) in [5.41, 5.74) is 2.00. The molecule has 0 spiro atoms. The van der Waals surface area contributed by atoms with E-state index in [9.17, 15) is 4.79 Å². The van der Waals surface area contributed by atoms with E-state index in [1.165, 1.54) is 6.20 Å². The number of carbonyl (C=O) groups is 1. The van der Waals surface area contributed by atoms with Crippen LogP contribution in [0.25, 0.3) is 22.2 Å². The summed E-state index contributed by atoms with van der Waals surface area (Å²) in [7, 11) is 1.87. The third-order valence-electron chi connectivity index (χ3n) is 3.79. The number of halogens is 1. The van der Waals surface area contributed by atoms with Crippen molar-refractivity contribution < 1.29 is 10.3 Å². The molecule has 0 atom stereocenters. The molecule has 0 bridgehead atoms. The van der Waals surface area contributed by atoms with Gasteiger partial charge in [-0.2, -0.15) is 0 Å². The molecule has 0 aliphatic carbocycles. The van der Waals surface area contributed by atoms with Crippen molar-refractivity contribution >= 4 is 34.2 Å². The largest absolute Gasteiger partial charge is 0.334 e. The van der Waals surface area contributed by atoms with E-state index in [2.05, 4.69) is 20.3 Å². The first-order chi connectivity index (χ1) is 14.3. The van der Waals surface area contributed by atoms with E-state index in [1.54, 1.807) is 24.8 Å². The maximum atomic E-state index is 12.7. The maximum absolute atomic E-state index is 12.7. The Morgan fingerprint density at radius 2 is 2.04 bits per heavy atom. The number of pyridine rings is 2. The molecule has 0 fully saturated rings. The zero-order valence-corrected chi connectivity index (χ0v) is 14.3. The number of nitrogens with zero attached hydrogens (tertiary/aromatic N) is 4. The molecule has 0 aliphatic heterocycles. The summed E-state index contributed by atoms with van der Waals surface area (Å²) in [6.45, 7) is 0. The van der Waals surface area contributed by atoms with Crippen molar-refractivity contribution in [2.75, 3.05) is 5.32 Å². The molecule has 0 saturated carbocycles. The molecule has 4 aromatic rings. The number of imidazole rings is 1. The lowest BCUT2D eigenvalue weighted by Gasteiger charge is -2.08. The molecule has 0 aliphatic rings. The molecule has 0 saturated heterocycles. The van der Waals surface area contributed by atoms with Gasteiger partial charge in [0, 0.05) is 24.2 Å². The first-order valence-corrected chi connectivity index (χ1v) is 7.95. The number of rotatable bonds is 3. The van der Waals surface area contributed by atoms with Crippen LogP contribution in [0.5, 0.6) is 0 Å². The van der Waals surface area contributed by atoms with E-state index in [4.69, 9.17) is 17.1 Å². The SMILES string of the molecule is [2H]c1c([2H])c([2H])c(C(=O)Nc2cc3cc(-c4cncn4C)cnc3cn2)c(Cl)c1[2H]. The van der Waals surface area contributed by atoms with Crippen molar-refractivity contribution in [2.24, 2.45) is 7.05 Å². The van der Waals surface area contributed by atoms with Gasteiger partial charge in [-0.3, -0.25) is 9.78 Å². The van der Waals surface area contributed by atoms with Crippen LogP contribution in [0.3, 0.4) is 0 Å². The van der Waals surface area contributed by atoms with Crippen LogP contribution < -0.4 is 5.32 Å². The van der Waals surface area contributed by atoms with E-state index >= 15 is 0 Å². The highest BCUT2D eigenvalue weighted by Crippen LogP contribution is 2.23. The Morgan fingerprint density at radius 1 is 1.19 bits per heavy atom. The molecule has 1 N–H and O–H groups in total. The summed E-state index contributed by atoms with van der Waals surface area (Å²) in [5.74, 6) is -0.588. The van der Waals surface area contributed by atoms with Crippen LogP contribution in [0.1, 0.15) is 15.8 Å². The third kappa shape index (κ3) is 3.02. The van der Waals surface area contributed by atoms with Crippen molar-refractivity contribution in [2.45, 2.75) is 0 Å². The normalized spacial score (nSPS) is 13.0. The second-order valence-corrected chi connectivity index (χ2v) is 5.90. The summed E-state index contributed by atoms with van der Waals surface area (Å²) in [6.07, 6.45) is 6.61. The molecule has 6 nitrogen and oxygen atoms in total. The highest BCUT2D eigenvalue weighted by molar-refractivity contribution is 6.34. The molecule has 3 heterocycles. The molecular formula is C19H14ClN5O. The molecule has 0 unspecified atom stereocenters. The Hall–Kier alpha value is -3.25. The van der Waals surface area contributed by atoms with E-state index in [0.29, 0.717) is 5.52 Å². The quantitative estimate of drug-likeness (QED) is 0.595. The van der Waals surface area contributed by atoms with Gasteiger partial charge in [0.25, 0.3) is 5.91 Å². The number of amides is 1. The van der Waals surface area contributed by atoms with Crippen LogP contribution in [-0.2, 0) is 7.05 Å². The number of carbonyl (C=O) groups excluding carboxylic acids is 1. The topological polar surface area (TPSA) is 72.7 Å². The second-order valence-electron chi connectivity index (χ2n) is 5.52. The van der Waals surface area contributed by atoms with Crippen molar-refractivity contribution in [3.05, 3.63) is 71.8 Å². The van der Waals surface area contributed by atoms with Crippen LogP contribution in [0.2, 0.25) is 5.02 Å². The summed E-state index contributed by atoms with van der Waals surface area (Å²) < 4.78 is 33.0. The Morgan fingerprint density at radius 3 is 2.85 bits per heavy atom. The number of aryl methyl sites for hydroxylation is 1. The Bertz CT molecular complexity index is 1300. The predicted octanol–water partition coefficient (Wildman–Crippen LogP) is 3.94. The lowest BCUT2D eigenvalue weighted by Crippen LogP contribution is -2.13. The fourth-order valence-corrected chi connectivity index (χ4v) is 2.69. The smallest absolute Gasteiger partial charge is 0.258 e. The third-order valence-corrected chi connectivity index (χ3v) is 4.07. The van der Waals surface area contributed by atoms with Gasteiger partial charge in [-0.15, -0.1) is 0 Å². The number of benzene rings is 1. The fraction of sp³-hybridized carbons (Fsp3) is 0.0526. The molecule has 128 valence electrons. The van der Waals surface area contributed by atoms with E-state index < -0.39 is 30.1 Å². The monoisotopic (exact) mass is 367 g/mol. The van der Waals surface area contributed by atoms with Crippen LogP contribution in [0, 0.1) is 0 Å². The molecule has 0 radical (unpaired) electrons. The van der Waals surface area contributed by atoms with Crippen molar-refractivity contribution in [3.63, 3.8) is 0 Å². The summed E-state index contributed by atoms with van der Waals surface area (Å²) in [4.78, 5) is 25.3. The van der Waals surface area contributed by atoms with Gasteiger partial charge in [-0.1, -0.05) is 23.7 Å². The zero-order valence-electron chi connectivity index (χ0n) is 17.5. The number of anilines is 1. The highest BCUT2D eigenvalue weighted by Gasteiger charge is 2.11. The molecule has 7 heteroatoms. The second kappa shape index (κ2) is 6.57. The van der Waals surface area contributed by atoms with Gasteiger partial charge in [0.15, 0.2) is 0 Å². The highest BCUT2D eigenvalue weighted by atomic mass is 35.5. The Labute approximate surface area is 160 Å². The van der Waals surface area contributed by atoms with E-state index in [0.717, 1.165) is 16.6 Å². The molecule has 26 heavy (non-hydrogen) atoms. The summed E-state index contributed by atoms with van der Waals surface area (Å²) in [6, 6.07) is 1.49. The van der Waals surface area contributed by atoms with Crippen LogP contribution in [0.15, 0.2) is 61.2 Å². The van der Waals surface area contributed by atoms with Gasteiger partial charge in [0.1, 0.15) is 5.82 Å². The zero-order chi connectivity index (χ0) is 21.6. The first-order valence-electron chi connectivity index (χ1n) is 9.57. The van der Waals surface area contributed by atoms with Gasteiger partial charge in [0.2, 0.25) is 0 Å². The van der Waals surface area contributed by atoms with Crippen molar-refractivity contribution in [1.82, 2.24) is 19.5 Å². The number of fused-ring (bicyclic) bond motifs is 1. The summed E-state index contributed by atoms with van der Waals surface area (Å²) in [5, 5.41) is 2.92. The standard InChI is InChI=1S/C19H14ClN5O/c1-25-11-21-10-17(25)13-6-12-7-18(23-9-16(12)22-8-13)24-19(26)14-4-2-3-5-15(14)20/h2-11H,1H3,(H,23,24,26)/i2D,3D,4D,5D. The van der Waals surface area contributed by atoms with Crippen molar-refractivity contribution in [1.29, 1.82) is 0 Å². The average Bonchev–Trinajstić information content (AvgIpc) is 3.16. The Balaban J connectivity index is 1.71. The minimum absolute atomic E-state index is 0.194. The minimum atomic E-state index is -0.783. The van der Waals surface area contributed by atoms with Gasteiger partial charge in [0.05, 0.1) is 46.0 Å². The van der Waals surface area contributed by atoms with Crippen LogP contribution in [0.4, 0.5) is 5.82 Å². The lowest BCUT2D eigenvalue weighted by atomic mass is 10.1.